The Hall–Kier alpha value is -2.87. The minimum atomic E-state index is -0.950. The first-order chi connectivity index (χ1) is 12.5. The van der Waals surface area contributed by atoms with Crippen LogP contribution in [0.5, 0.6) is 5.75 Å². The maximum atomic E-state index is 12.2. The number of ether oxygens (including phenoxy) is 2. The number of carbonyl (C=O) groups excluding carboxylic acids is 3. The van der Waals surface area contributed by atoms with E-state index < -0.39 is 12.1 Å². The third kappa shape index (κ3) is 4.20. The van der Waals surface area contributed by atoms with Crippen molar-refractivity contribution in [3.63, 3.8) is 0 Å². The van der Waals surface area contributed by atoms with Gasteiger partial charge in [0.25, 0.3) is 11.8 Å². The summed E-state index contributed by atoms with van der Waals surface area (Å²) in [6, 6.07) is 10.7. The Bertz CT molecular complexity index is 806. The van der Waals surface area contributed by atoms with E-state index in [1.807, 2.05) is 17.5 Å². The molecule has 0 saturated carbocycles. The van der Waals surface area contributed by atoms with Gasteiger partial charge in [0.15, 0.2) is 12.7 Å². The summed E-state index contributed by atoms with van der Waals surface area (Å²) < 4.78 is 10.5. The number of anilines is 1. The van der Waals surface area contributed by atoms with E-state index >= 15 is 0 Å². The maximum Gasteiger partial charge on any atom is 0.326 e. The Kier molecular flexibility index (Phi) is 5.52. The van der Waals surface area contributed by atoms with Gasteiger partial charge in [-0.2, -0.15) is 0 Å². The van der Waals surface area contributed by atoms with Crippen LogP contribution in [0.15, 0.2) is 41.8 Å². The Balaban J connectivity index is 1.55. The molecule has 0 spiro atoms. The Morgan fingerprint density at radius 1 is 1.31 bits per heavy atom. The molecule has 2 aromatic rings. The smallest absolute Gasteiger partial charge is 0.326 e. The molecule has 26 heavy (non-hydrogen) atoms. The van der Waals surface area contributed by atoms with Crippen molar-refractivity contribution in [2.75, 3.05) is 18.1 Å². The average Bonchev–Trinajstić information content (AvgIpc) is 3.15. The van der Waals surface area contributed by atoms with Crippen LogP contribution in [-0.2, 0) is 25.7 Å². The molecule has 3 rings (SSSR count). The molecule has 2 heterocycles. The number of nitrogens with zero attached hydrogens (tertiary/aromatic N) is 1. The molecule has 1 atom stereocenters. The highest BCUT2D eigenvalue weighted by Gasteiger charge is 2.28. The van der Waals surface area contributed by atoms with Gasteiger partial charge in [-0.15, -0.1) is 11.3 Å². The second-order valence-electron chi connectivity index (χ2n) is 5.67. The fraction of sp³-hybridized carbons (Fsp3) is 0.278. The summed E-state index contributed by atoms with van der Waals surface area (Å²) in [6.45, 7) is 1.47. The van der Waals surface area contributed by atoms with Crippen molar-refractivity contribution in [2.45, 2.75) is 19.6 Å². The molecule has 8 heteroatoms. The number of hydrogen-bond donors (Lipinski definition) is 1. The Morgan fingerprint density at radius 2 is 2.12 bits per heavy atom. The van der Waals surface area contributed by atoms with Crippen LogP contribution in [0.25, 0.3) is 0 Å². The predicted molar refractivity (Wildman–Crippen MR) is 96.0 cm³/mol. The van der Waals surface area contributed by atoms with Gasteiger partial charge in [-0.3, -0.25) is 19.3 Å². The molecule has 0 saturated heterocycles. The summed E-state index contributed by atoms with van der Waals surface area (Å²) in [5, 5.41) is 4.63. The first-order valence-electron chi connectivity index (χ1n) is 8.06. The highest BCUT2D eigenvalue weighted by molar-refractivity contribution is 7.09. The monoisotopic (exact) mass is 374 g/mol. The van der Waals surface area contributed by atoms with Crippen LogP contribution >= 0.6 is 11.3 Å². The van der Waals surface area contributed by atoms with Crippen LogP contribution < -0.4 is 15.0 Å². The number of hydrogen-bond acceptors (Lipinski definition) is 6. The van der Waals surface area contributed by atoms with Crippen molar-refractivity contribution in [3.8, 4) is 5.75 Å². The van der Waals surface area contributed by atoms with E-state index in [1.54, 1.807) is 24.3 Å². The first kappa shape index (κ1) is 17.9. The van der Waals surface area contributed by atoms with Crippen molar-refractivity contribution in [3.05, 3.63) is 46.7 Å². The van der Waals surface area contributed by atoms with Crippen LogP contribution in [0.4, 0.5) is 5.69 Å². The van der Waals surface area contributed by atoms with Crippen LogP contribution in [0, 0.1) is 0 Å². The van der Waals surface area contributed by atoms with E-state index in [0.717, 1.165) is 4.88 Å². The number of fused-ring (bicyclic) bond motifs is 1. The molecule has 0 bridgehead atoms. The summed E-state index contributed by atoms with van der Waals surface area (Å²) in [5.41, 5.74) is 0.510. The quantitative estimate of drug-likeness (QED) is 0.779. The number of amides is 2. The van der Waals surface area contributed by atoms with Gasteiger partial charge in [-0.1, -0.05) is 18.2 Å². The number of esters is 1. The molecule has 1 N–H and O–H groups in total. The van der Waals surface area contributed by atoms with Crippen LogP contribution in [0.1, 0.15) is 11.8 Å². The van der Waals surface area contributed by atoms with Crippen molar-refractivity contribution in [1.29, 1.82) is 0 Å². The lowest BCUT2D eigenvalue weighted by atomic mass is 10.2. The molecule has 7 nitrogen and oxygen atoms in total. The number of rotatable bonds is 6. The normalized spacial score (nSPS) is 14.2. The number of carbonyl (C=O) groups is 3. The lowest BCUT2D eigenvalue weighted by Gasteiger charge is -2.28. The maximum absolute atomic E-state index is 12.2. The van der Waals surface area contributed by atoms with Crippen molar-refractivity contribution in [2.24, 2.45) is 0 Å². The van der Waals surface area contributed by atoms with Crippen LogP contribution in [0.2, 0.25) is 0 Å². The minimum Gasteiger partial charge on any atom is -0.482 e. The topological polar surface area (TPSA) is 84.9 Å². The third-order valence-electron chi connectivity index (χ3n) is 3.79. The van der Waals surface area contributed by atoms with Gasteiger partial charge < -0.3 is 14.8 Å². The summed E-state index contributed by atoms with van der Waals surface area (Å²) in [6.07, 6.45) is -0.950. The highest BCUT2D eigenvalue weighted by atomic mass is 32.1. The molecule has 1 aromatic heterocycles. The lowest BCUT2D eigenvalue weighted by Crippen LogP contribution is -2.44. The van der Waals surface area contributed by atoms with Gasteiger partial charge in [0.2, 0.25) is 0 Å². The van der Waals surface area contributed by atoms with Gasteiger partial charge >= 0.3 is 5.97 Å². The van der Waals surface area contributed by atoms with Gasteiger partial charge in [0, 0.05) is 4.88 Å². The van der Waals surface area contributed by atoms with Crippen molar-refractivity contribution >= 4 is 34.8 Å². The standard InChI is InChI=1S/C18H18N2O5S/c1-12(18(23)19-9-13-5-4-8-26-13)25-17(22)10-20-14-6-2-3-7-15(14)24-11-16(20)21/h2-8,12H,9-11H2,1H3,(H,19,23)/t12-/m1/s1. The molecule has 0 unspecified atom stereocenters. The van der Waals surface area contributed by atoms with Crippen LogP contribution in [0.3, 0.4) is 0 Å². The Labute approximate surface area is 154 Å². The highest BCUT2D eigenvalue weighted by Crippen LogP contribution is 2.31. The van der Waals surface area contributed by atoms with E-state index in [2.05, 4.69) is 5.32 Å². The second-order valence-corrected chi connectivity index (χ2v) is 6.70. The van der Waals surface area contributed by atoms with E-state index in [0.29, 0.717) is 18.0 Å². The summed E-state index contributed by atoms with van der Waals surface area (Å²) in [4.78, 5) is 38.6. The number of nitrogens with one attached hydrogen (secondary N) is 1. The van der Waals surface area contributed by atoms with Gasteiger partial charge in [0.05, 0.1) is 12.2 Å². The molecular formula is C18H18N2O5S. The molecule has 0 radical (unpaired) electrons. The lowest BCUT2D eigenvalue weighted by molar-refractivity contribution is -0.154. The van der Waals surface area contributed by atoms with E-state index in [9.17, 15) is 14.4 Å². The molecular weight excluding hydrogens is 356 g/mol. The minimum absolute atomic E-state index is 0.138. The van der Waals surface area contributed by atoms with E-state index in [4.69, 9.17) is 9.47 Å². The van der Waals surface area contributed by atoms with Crippen molar-refractivity contribution in [1.82, 2.24) is 5.32 Å². The predicted octanol–water partition coefficient (Wildman–Crippen LogP) is 1.72. The number of para-hydroxylation sites is 2. The average molecular weight is 374 g/mol. The fourth-order valence-corrected chi connectivity index (χ4v) is 3.12. The zero-order chi connectivity index (χ0) is 18.5. The number of thiophene rings is 1. The number of benzene rings is 1. The zero-order valence-electron chi connectivity index (χ0n) is 14.1. The molecule has 1 aliphatic heterocycles. The summed E-state index contributed by atoms with van der Waals surface area (Å²) >= 11 is 1.53. The van der Waals surface area contributed by atoms with Crippen LogP contribution in [-0.4, -0.2) is 37.0 Å². The summed E-state index contributed by atoms with van der Waals surface area (Å²) in [5.74, 6) is -0.855. The zero-order valence-corrected chi connectivity index (χ0v) is 15.0. The first-order valence-corrected chi connectivity index (χ1v) is 8.94. The SMILES string of the molecule is C[C@@H](OC(=O)CN1C(=O)COc2ccccc21)C(=O)NCc1cccs1. The molecule has 0 aliphatic carbocycles. The molecule has 136 valence electrons. The molecule has 1 aliphatic rings. The Morgan fingerprint density at radius 3 is 2.88 bits per heavy atom. The molecule has 1 aromatic carbocycles. The molecule has 2 amide bonds. The third-order valence-corrected chi connectivity index (χ3v) is 4.67. The van der Waals surface area contributed by atoms with Gasteiger partial charge in [-0.05, 0) is 30.5 Å². The van der Waals surface area contributed by atoms with E-state index in [1.165, 1.54) is 23.2 Å². The second kappa shape index (κ2) is 8.01. The van der Waals surface area contributed by atoms with Crippen molar-refractivity contribution < 1.29 is 23.9 Å². The fourth-order valence-electron chi connectivity index (χ4n) is 2.48. The van der Waals surface area contributed by atoms with Gasteiger partial charge in [-0.25, -0.2) is 0 Å². The summed E-state index contributed by atoms with van der Waals surface area (Å²) in [7, 11) is 0. The molecule has 0 fully saturated rings. The largest absolute Gasteiger partial charge is 0.482 e. The van der Waals surface area contributed by atoms with E-state index in [-0.39, 0.29) is 25.0 Å². The van der Waals surface area contributed by atoms with Gasteiger partial charge in [0.1, 0.15) is 12.3 Å².